The van der Waals surface area contributed by atoms with E-state index in [9.17, 15) is 0 Å². The van der Waals surface area contributed by atoms with Gasteiger partial charge in [-0.3, -0.25) is 0 Å². The van der Waals surface area contributed by atoms with Crippen molar-refractivity contribution in [3.8, 4) is 16.5 Å². The molecule has 2 rings (SSSR count). The molecule has 92 valence electrons. The van der Waals surface area contributed by atoms with Crippen molar-refractivity contribution in [3.63, 3.8) is 0 Å². The van der Waals surface area contributed by atoms with Crippen molar-refractivity contribution in [2.75, 3.05) is 6.54 Å². The van der Waals surface area contributed by atoms with Gasteiger partial charge in [0.25, 0.3) is 0 Å². The third-order valence-corrected chi connectivity index (χ3v) is 3.92. The maximum Gasteiger partial charge on any atom is 0.159 e. The molecule has 1 heterocycles. The Bertz CT molecular complexity index is 564. The van der Waals surface area contributed by atoms with E-state index in [0.29, 0.717) is 12.2 Å². The first-order valence-electron chi connectivity index (χ1n) is 5.97. The first-order chi connectivity index (χ1) is 8.78. The largest absolute Gasteiger partial charge is 0.330 e. The predicted molar refractivity (Wildman–Crippen MR) is 74.4 cm³/mol. The van der Waals surface area contributed by atoms with Gasteiger partial charge in [-0.1, -0.05) is 31.2 Å². The van der Waals surface area contributed by atoms with Gasteiger partial charge in [0.2, 0.25) is 0 Å². The summed E-state index contributed by atoms with van der Waals surface area (Å²) >= 11 is 1.56. The van der Waals surface area contributed by atoms with Gasteiger partial charge in [-0.25, -0.2) is 4.98 Å². The molecule has 1 aromatic heterocycles. The SMILES string of the molecule is CCc1ccc(-c2sc(CCN)nc2C#N)cc1. The number of aromatic nitrogens is 1. The Kier molecular flexibility index (Phi) is 4.08. The number of nitrogens with two attached hydrogens (primary N) is 1. The summed E-state index contributed by atoms with van der Waals surface area (Å²) in [4.78, 5) is 5.26. The normalized spacial score (nSPS) is 10.3. The molecule has 0 aliphatic heterocycles. The number of thiazole rings is 1. The Hall–Kier alpha value is -1.70. The van der Waals surface area contributed by atoms with Crippen LogP contribution in [0, 0.1) is 11.3 Å². The molecule has 0 saturated heterocycles. The summed E-state index contributed by atoms with van der Waals surface area (Å²) in [5.74, 6) is 0. The van der Waals surface area contributed by atoms with Crippen molar-refractivity contribution in [1.82, 2.24) is 4.98 Å². The Morgan fingerprint density at radius 1 is 1.33 bits per heavy atom. The fraction of sp³-hybridized carbons (Fsp3) is 0.286. The molecule has 0 aliphatic rings. The standard InChI is InChI=1S/C14H15N3S/c1-2-10-3-5-11(6-4-10)14-12(9-16)17-13(18-14)7-8-15/h3-6H,2,7-8,15H2,1H3. The lowest BCUT2D eigenvalue weighted by molar-refractivity contribution is 0.950. The highest BCUT2D eigenvalue weighted by Crippen LogP contribution is 2.30. The van der Waals surface area contributed by atoms with Crippen molar-refractivity contribution in [2.24, 2.45) is 5.73 Å². The summed E-state index contributed by atoms with van der Waals surface area (Å²) in [7, 11) is 0. The maximum atomic E-state index is 9.12. The highest BCUT2D eigenvalue weighted by Gasteiger charge is 2.12. The first kappa shape index (κ1) is 12.7. The highest BCUT2D eigenvalue weighted by molar-refractivity contribution is 7.15. The number of rotatable bonds is 4. The molecular weight excluding hydrogens is 242 g/mol. The zero-order valence-electron chi connectivity index (χ0n) is 10.3. The van der Waals surface area contributed by atoms with E-state index >= 15 is 0 Å². The minimum absolute atomic E-state index is 0.507. The molecule has 0 saturated carbocycles. The molecule has 0 aliphatic carbocycles. The topological polar surface area (TPSA) is 62.7 Å². The first-order valence-corrected chi connectivity index (χ1v) is 6.79. The van der Waals surface area contributed by atoms with Crippen LogP contribution in [0.1, 0.15) is 23.2 Å². The average molecular weight is 257 g/mol. The van der Waals surface area contributed by atoms with Crippen molar-refractivity contribution < 1.29 is 0 Å². The lowest BCUT2D eigenvalue weighted by atomic mass is 10.1. The zero-order chi connectivity index (χ0) is 13.0. The predicted octanol–water partition coefficient (Wildman–Crippen LogP) is 2.75. The quantitative estimate of drug-likeness (QED) is 0.916. The molecular formula is C14H15N3S. The number of aryl methyl sites for hydroxylation is 1. The highest BCUT2D eigenvalue weighted by atomic mass is 32.1. The fourth-order valence-electron chi connectivity index (χ4n) is 1.76. The second kappa shape index (κ2) is 5.76. The lowest BCUT2D eigenvalue weighted by Gasteiger charge is -1.99. The second-order valence-corrected chi connectivity index (χ2v) is 5.07. The molecule has 3 nitrogen and oxygen atoms in total. The van der Waals surface area contributed by atoms with Crippen molar-refractivity contribution in [3.05, 3.63) is 40.5 Å². The molecule has 2 aromatic rings. The van der Waals surface area contributed by atoms with Gasteiger partial charge in [-0.05, 0) is 24.1 Å². The fourth-order valence-corrected chi connectivity index (χ4v) is 2.79. The van der Waals surface area contributed by atoms with Crippen LogP contribution in [-0.2, 0) is 12.8 Å². The summed E-state index contributed by atoms with van der Waals surface area (Å²) in [6.45, 7) is 2.69. The zero-order valence-corrected chi connectivity index (χ0v) is 11.1. The van der Waals surface area contributed by atoms with Crippen LogP contribution in [0.25, 0.3) is 10.4 Å². The third-order valence-electron chi connectivity index (χ3n) is 2.76. The molecule has 0 fully saturated rings. The average Bonchev–Trinajstić information content (AvgIpc) is 2.82. The van der Waals surface area contributed by atoms with Crippen LogP contribution in [0.4, 0.5) is 0 Å². The van der Waals surface area contributed by atoms with E-state index in [-0.39, 0.29) is 0 Å². The van der Waals surface area contributed by atoms with Gasteiger partial charge in [0, 0.05) is 6.42 Å². The molecule has 0 unspecified atom stereocenters. The third kappa shape index (κ3) is 2.58. The summed E-state index contributed by atoms with van der Waals surface area (Å²) in [5, 5.41) is 10.1. The van der Waals surface area contributed by atoms with Gasteiger partial charge in [0.05, 0.1) is 9.88 Å². The number of nitriles is 1. The summed E-state index contributed by atoms with van der Waals surface area (Å²) in [6.07, 6.45) is 1.75. The summed E-state index contributed by atoms with van der Waals surface area (Å²) < 4.78 is 0. The van der Waals surface area contributed by atoms with E-state index in [1.54, 1.807) is 11.3 Å². The minimum atomic E-state index is 0.507. The van der Waals surface area contributed by atoms with E-state index < -0.39 is 0 Å². The number of hydrogen-bond acceptors (Lipinski definition) is 4. The van der Waals surface area contributed by atoms with Crippen LogP contribution in [0.15, 0.2) is 24.3 Å². The van der Waals surface area contributed by atoms with Gasteiger partial charge in [0.1, 0.15) is 6.07 Å². The molecule has 0 amide bonds. The molecule has 4 heteroatoms. The molecule has 0 spiro atoms. The van der Waals surface area contributed by atoms with Crippen LogP contribution in [0.5, 0.6) is 0 Å². The number of nitrogens with zero attached hydrogens (tertiary/aromatic N) is 2. The molecule has 0 bridgehead atoms. The van der Waals surface area contributed by atoms with Crippen LogP contribution in [0.2, 0.25) is 0 Å². The van der Waals surface area contributed by atoms with Gasteiger partial charge < -0.3 is 5.73 Å². The molecule has 0 radical (unpaired) electrons. The summed E-state index contributed by atoms with van der Waals surface area (Å²) in [5.41, 5.74) is 8.38. The van der Waals surface area contributed by atoms with Crippen LogP contribution >= 0.6 is 11.3 Å². The number of benzene rings is 1. The summed E-state index contributed by atoms with van der Waals surface area (Å²) in [6, 6.07) is 10.5. The monoisotopic (exact) mass is 257 g/mol. The lowest BCUT2D eigenvalue weighted by Crippen LogP contribution is -2.01. The van der Waals surface area contributed by atoms with Crippen molar-refractivity contribution in [1.29, 1.82) is 5.26 Å². The van der Waals surface area contributed by atoms with Gasteiger partial charge >= 0.3 is 0 Å². The smallest absolute Gasteiger partial charge is 0.159 e. The van der Waals surface area contributed by atoms with Crippen molar-refractivity contribution in [2.45, 2.75) is 19.8 Å². The van der Waals surface area contributed by atoms with E-state index in [4.69, 9.17) is 11.0 Å². The van der Waals surface area contributed by atoms with E-state index in [1.807, 2.05) is 0 Å². The van der Waals surface area contributed by atoms with E-state index in [0.717, 1.165) is 28.3 Å². The van der Waals surface area contributed by atoms with E-state index in [1.165, 1.54) is 5.56 Å². The van der Waals surface area contributed by atoms with Crippen LogP contribution < -0.4 is 5.73 Å². The number of hydrogen-bond donors (Lipinski definition) is 1. The maximum absolute atomic E-state index is 9.12. The Morgan fingerprint density at radius 3 is 2.61 bits per heavy atom. The van der Waals surface area contributed by atoms with Gasteiger partial charge in [0.15, 0.2) is 5.69 Å². The van der Waals surface area contributed by atoms with Gasteiger partial charge in [-0.15, -0.1) is 11.3 Å². The Morgan fingerprint density at radius 2 is 2.06 bits per heavy atom. The minimum Gasteiger partial charge on any atom is -0.330 e. The molecule has 0 atom stereocenters. The second-order valence-electron chi connectivity index (χ2n) is 3.99. The van der Waals surface area contributed by atoms with Crippen molar-refractivity contribution >= 4 is 11.3 Å². The molecule has 18 heavy (non-hydrogen) atoms. The van der Waals surface area contributed by atoms with Crippen LogP contribution in [-0.4, -0.2) is 11.5 Å². The van der Waals surface area contributed by atoms with E-state index in [2.05, 4.69) is 42.2 Å². The Balaban J connectivity index is 2.39. The van der Waals surface area contributed by atoms with Crippen LogP contribution in [0.3, 0.4) is 0 Å². The Labute approximate surface area is 111 Å². The molecule has 1 aromatic carbocycles. The molecule has 2 N–H and O–H groups in total. The van der Waals surface area contributed by atoms with Gasteiger partial charge in [-0.2, -0.15) is 5.26 Å².